The molecular formula is C14H20N2O. The second-order valence-corrected chi connectivity index (χ2v) is 3.78. The lowest BCUT2D eigenvalue weighted by Gasteiger charge is -2.14. The minimum absolute atomic E-state index is 0.381. The predicted octanol–water partition coefficient (Wildman–Crippen LogP) is 1.33. The van der Waals surface area contributed by atoms with E-state index in [4.69, 9.17) is 10.5 Å². The van der Waals surface area contributed by atoms with Gasteiger partial charge >= 0.3 is 0 Å². The molecule has 0 aliphatic rings. The van der Waals surface area contributed by atoms with Gasteiger partial charge in [-0.25, -0.2) is 0 Å². The molecule has 1 aromatic rings. The van der Waals surface area contributed by atoms with E-state index in [1.807, 2.05) is 24.3 Å². The van der Waals surface area contributed by atoms with Crippen LogP contribution in [0.4, 0.5) is 0 Å². The molecule has 0 saturated carbocycles. The van der Waals surface area contributed by atoms with Crippen molar-refractivity contribution in [1.29, 1.82) is 0 Å². The summed E-state index contributed by atoms with van der Waals surface area (Å²) in [6.45, 7) is 5.16. The summed E-state index contributed by atoms with van der Waals surface area (Å²) in [7, 11) is 2.08. The van der Waals surface area contributed by atoms with Crippen LogP contribution in [0.3, 0.4) is 0 Å². The van der Waals surface area contributed by atoms with Crippen molar-refractivity contribution in [3.63, 3.8) is 0 Å². The van der Waals surface area contributed by atoms with E-state index in [0.29, 0.717) is 13.2 Å². The Morgan fingerprint density at radius 1 is 1.41 bits per heavy atom. The fraction of sp³-hybridized carbons (Fsp3) is 0.429. The summed E-state index contributed by atoms with van der Waals surface area (Å²) >= 11 is 0. The number of likely N-dealkylation sites (N-methyl/N-ethyl adjacent to an activating group) is 1. The second-order valence-electron chi connectivity index (χ2n) is 3.78. The van der Waals surface area contributed by atoms with Gasteiger partial charge in [-0.2, -0.15) is 0 Å². The largest absolute Gasteiger partial charge is 0.492 e. The second kappa shape index (κ2) is 7.72. The Labute approximate surface area is 104 Å². The Kier molecular flexibility index (Phi) is 6.16. The van der Waals surface area contributed by atoms with Crippen molar-refractivity contribution in [3.05, 3.63) is 29.8 Å². The molecular weight excluding hydrogens is 212 g/mol. The molecule has 0 aliphatic heterocycles. The highest BCUT2D eigenvalue weighted by Gasteiger charge is 1.97. The summed E-state index contributed by atoms with van der Waals surface area (Å²) < 4.78 is 5.66. The van der Waals surface area contributed by atoms with Gasteiger partial charge in [0.25, 0.3) is 0 Å². The number of ether oxygens (including phenoxy) is 1. The molecule has 1 rings (SSSR count). The summed E-state index contributed by atoms with van der Waals surface area (Å²) in [6.07, 6.45) is 0. The Hall–Kier alpha value is -1.50. The molecule has 2 N–H and O–H groups in total. The highest BCUT2D eigenvalue weighted by Crippen LogP contribution is 2.12. The van der Waals surface area contributed by atoms with E-state index in [-0.39, 0.29) is 0 Å². The van der Waals surface area contributed by atoms with Crippen LogP contribution in [0.15, 0.2) is 24.3 Å². The van der Waals surface area contributed by atoms with Crippen molar-refractivity contribution in [2.45, 2.75) is 6.92 Å². The van der Waals surface area contributed by atoms with Crippen LogP contribution in [0.25, 0.3) is 0 Å². The quantitative estimate of drug-likeness (QED) is 0.778. The van der Waals surface area contributed by atoms with Gasteiger partial charge in [0.1, 0.15) is 12.4 Å². The molecule has 0 heterocycles. The van der Waals surface area contributed by atoms with Crippen molar-refractivity contribution in [1.82, 2.24) is 4.90 Å². The molecule has 17 heavy (non-hydrogen) atoms. The van der Waals surface area contributed by atoms with Gasteiger partial charge in [0, 0.05) is 12.1 Å². The minimum Gasteiger partial charge on any atom is -0.492 e. The van der Waals surface area contributed by atoms with E-state index in [1.165, 1.54) is 0 Å². The third-order valence-electron chi connectivity index (χ3n) is 2.45. The summed E-state index contributed by atoms with van der Waals surface area (Å²) in [4.78, 5) is 2.21. The van der Waals surface area contributed by atoms with Crippen LogP contribution in [-0.4, -0.2) is 38.2 Å². The highest BCUT2D eigenvalue weighted by molar-refractivity contribution is 5.39. The lowest BCUT2D eigenvalue weighted by Crippen LogP contribution is -2.23. The molecule has 0 unspecified atom stereocenters. The van der Waals surface area contributed by atoms with Gasteiger partial charge in [0.15, 0.2) is 0 Å². The SMILES string of the molecule is CCN(C)CCOc1cccc(C#CCN)c1. The average molecular weight is 232 g/mol. The zero-order valence-corrected chi connectivity index (χ0v) is 10.6. The summed E-state index contributed by atoms with van der Waals surface area (Å²) in [6, 6.07) is 7.78. The van der Waals surface area contributed by atoms with Crippen LogP contribution in [0.2, 0.25) is 0 Å². The van der Waals surface area contributed by atoms with Crippen LogP contribution >= 0.6 is 0 Å². The fourth-order valence-electron chi connectivity index (χ4n) is 1.29. The number of hydrogen-bond donors (Lipinski definition) is 1. The van der Waals surface area contributed by atoms with Gasteiger partial charge in [0.2, 0.25) is 0 Å². The first-order valence-corrected chi connectivity index (χ1v) is 5.86. The molecule has 0 amide bonds. The molecule has 0 bridgehead atoms. The Bertz CT molecular complexity index is 393. The van der Waals surface area contributed by atoms with Crippen molar-refractivity contribution in [2.75, 3.05) is 33.3 Å². The van der Waals surface area contributed by atoms with Gasteiger partial charge in [-0.15, -0.1) is 0 Å². The van der Waals surface area contributed by atoms with Gasteiger partial charge in [-0.3, -0.25) is 0 Å². The van der Waals surface area contributed by atoms with E-state index in [2.05, 4.69) is 30.7 Å². The molecule has 0 fully saturated rings. The molecule has 3 nitrogen and oxygen atoms in total. The lowest BCUT2D eigenvalue weighted by atomic mass is 10.2. The van der Waals surface area contributed by atoms with Gasteiger partial charge < -0.3 is 15.4 Å². The van der Waals surface area contributed by atoms with E-state index in [9.17, 15) is 0 Å². The fourth-order valence-corrected chi connectivity index (χ4v) is 1.29. The number of hydrogen-bond acceptors (Lipinski definition) is 3. The average Bonchev–Trinajstić information content (AvgIpc) is 2.36. The monoisotopic (exact) mass is 232 g/mol. The Morgan fingerprint density at radius 2 is 2.24 bits per heavy atom. The van der Waals surface area contributed by atoms with Gasteiger partial charge in [-0.05, 0) is 31.8 Å². The van der Waals surface area contributed by atoms with Crippen molar-refractivity contribution >= 4 is 0 Å². The Morgan fingerprint density at radius 3 is 2.94 bits per heavy atom. The number of nitrogens with two attached hydrogens (primary N) is 1. The standard InChI is InChI=1S/C14H20N2O/c1-3-16(2)10-11-17-14-8-4-6-13(12-14)7-5-9-15/h4,6,8,12H,3,9-11,15H2,1-2H3. The van der Waals surface area contributed by atoms with E-state index >= 15 is 0 Å². The minimum atomic E-state index is 0.381. The predicted molar refractivity (Wildman–Crippen MR) is 71.0 cm³/mol. The molecule has 0 spiro atoms. The van der Waals surface area contributed by atoms with Crippen LogP contribution in [0.5, 0.6) is 5.75 Å². The number of nitrogens with zero attached hydrogens (tertiary/aromatic N) is 1. The smallest absolute Gasteiger partial charge is 0.120 e. The van der Waals surface area contributed by atoms with Crippen LogP contribution < -0.4 is 10.5 Å². The molecule has 0 aromatic heterocycles. The van der Waals surface area contributed by atoms with Crippen molar-refractivity contribution in [3.8, 4) is 17.6 Å². The molecule has 0 radical (unpaired) electrons. The molecule has 0 atom stereocenters. The maximum Gasteiger partial charge on any atom is 0.120 e. The maximum absolute atomic E-state index is 5.66. The lowest BCUT2D eigenvalue weighted by molar-refractivity contribution is 0.244. The first kappa shape index (κ1) is 13.6. The summed E-state index contributed by atoms with van der Waals surface area (Å²) in [5.74, 6) is 6.68. The molecule has 3 heteroatoms. The van der Waals surface area contributed by atoms with Crippen LogP contribution in [0, 0.1) is 11.8 Å². The molecule has 1 aromatic carbocycles. The Balaban J connectivity index is 2.48. The summed E-state index contributed by atoms with van der Waals surface area (Å²) in [5, 5.41) is 0. The highest BCUT2D eigenvalue weighted by atomic mass is 16.5. The normalized spacial score (nSPS) is 9.88. The molecule has 92 valence electrons. The van der Waals surface area contributed by atoms with Crippen LogP contribution in [0.1, 0.15) is 12.5 Å². The first-order chi connectivity index (χ1) is 8.26. The molecule has 0 saturated heterocycles. The zero-order chi connectivity index (χ0) is 12.5. The van der Waals surface area contributed by atoms with E-state index < -0.39 is 0 Å². The van der Waals surface area contributed by atoms with Crippen molar-refractivity contribution in [2.24, 2.45) is 5.73 Å². The van der Waals surface area contributed by atoms with Gasteiger partial charge in [0.05, 0.1) is 6.54 Å². The van der Waals surface area contributed by atoms with Gasteiger partial charge in [-0.1, -0.05) is 24.8 Å². The number of rotatable bonds is 5. The third kappa shape index (κ3) is 5.39. The van der Waals surface area contributed by atoms with Crippen LogP contribution in [-0.2, 0) is 0 Å². The first-order valence-electron chi connectivity index (χ1n) is 5.86. The summed E-state index contributed by atoms with van der Waals surface area (Å²) in [5.41, 5.74) is 6.27. The number of benzene rings is 1. The van der Waals surface area contributed by atoms with E-state index in [0.717, 1.165) is 24.4 Å². The van der Waals surface area contributed by atoms with E-state index in [1.54, 1.807) is 0 Å². The zero-order valence-electron chi connectivity index (χ0n) is 10.6. The maximum atomic E-state index is 5.66. The van der Waals surface area contributed by atoms with Crippen molar-refractivity contribution < 1.29 is 4.74 Å². The molecule has 0 aliphatic carbocycles. The topological polar surface area (TPSA) is 38.5 Å². The third-order valence-corrected chi connectivity index (χ3v) is 2.45.